The lowest BCUT2D eigenvalue weighted by molar-refractivity contribution is -0.436. The molecule has 1 aliphatic carbocycles. The van der Waals surface area contributed by atoms with E-state index in [0.29, 0.717) is 5.56 Å². The molecular weight excluding hydrogens is 620 g/mol. The van der Waals surface area contributed by atoms with Gasteiger partial charge in [0, 0.05) is 47.6 Å². The molecule has 0 aromatic heterocycles. The molecule has 0 radical (unpaired) electrons. The second-order valence-corrected chi connectivity index (χ2v) is 14.6. The van der Waals surface area contributed by atoms with Gasteiger partial charge in [-0.05, 0) is 61.2 Å². The number of hydrogen-bond acceptors (Lipinski definition) is 4. The number of allylic oxidation sites excluding steroid dienone is 3. The highest BCUT2D eigenvalue weighted by Crippen LogP contribution is 2.45. The summed E-state index contributed by atoms with van der Waals surface area (Å²) in [5.41, 5.74) is 4.44. The SMILES string of the molecule is CCCCCCCCN(CCCCCCCC)c1ccc(C2=C([O-])C(=CC3=[N+](CCC(=O)O)c4ccc5ccccc5c4C3(C)C)C2=O)cc1. The van der Waals surface area contributed by atoms with E-state index in [2.05, 4.69) is 56.9 Å². The van der Waals surface area contributed by atoms with Gasteiger partial charge in [-0.2, -0.15) is 4.58 Å². The fourth-order valence-electron chi connectivity index (χ4n) is 7.76. The second-order valence-electron chi connectivity index (χ2n) is 14.6. The summed E-state index contributed by atoms with van der Waals surface area (Å²) in [5, 5.41) is 25.4. The van der Waals surface area contributed by atoms with Crippen LogP contribution in [0.5, 0.6) is 0 Å². The summed E-state index contributed by atoms with van der Waals surface area (Å²) in [7, 11) is 0. The quantitative estimate of drug-likeness (QED) is 0.0732. The summed E-state index contributed by atoms with van der Waals surface area (Å²) in [4.78, 5) is 27.8. The number of hydrogen-bond donors (Lipinski definition) is 1. The van der Waals surface area contributed by atoms with Crippen molar-refractivity contribution in [2.45, 2.75) is 117 Å². The van der Waals surface area contributed by atoms with Gasteiger partial charge in [-0.3, -0.25) is 9.59 Å². The van der Waals surface area contributed by atoms with Gasteiger partial charge in [-0.1, -0.05) is 120 Å². The zero-order valence-electron chi connectivity index (χ0n) is 30.7. The highest BCUT2D eigenvalue weighted by Gasteiger charge is 2.46. The molecule has 0 saturated carbocycles. The third kappa shape index (κ3) is 8.22. The topological polar surface area (TPSA) is 83.7 Å². The maximum Gasteiger partial charge on any atom is 0.309 e. The number of nitrogens with zero attached hydrogens (tertiary/aromatic N) is 2. The first-order chi connectivity index (χ1) is 24.2. The predicted molar refractivity (Wildman–Crippen MR) is 204 cm³/mol. The Labute approximate surface area is 299 Å². The number of fused-ring (bicyclic) bond motifs is 3. The third-order valence-electron chi connectivity index (χ3n) is 10.6. The summed E-state index contributed by atoms with van der Waals surface area (Å²) in [6.07, 6.45) is 16.8. The Kier molecular flexibility index (Phi) is 12.7. The van der Waals surface area contributed by atoms with Gasteiger partial charge in [0.1, 0.15) is 6.42 Å². The minimum Gasteiger partial charge on any atom is -0.871 e. The lowest BCUT2D eigenvalue weighted by atomic mass is 9.76. The molecule has 0 fully saturated rings. The minimum atomic E-state index is -0.892. The van der Waals surface area contributed by atoms with Crippen LogP contribution >= 0.6 is 0 Å². The number of carbonyl (C=O) groups excluding carboxylic acids is 1. The van der Waals surface area contributed by atoms with Gasteiger partial charge in [0.2, 0.25) is 5.69 Å². The summed E-state index contributed by atoms with van der Waals surface area (Å²) in [6.45, 7) is 11.0. The number of carboxylic acids is 1. The number of ketones is 1. The van der Waals surface area contributed by atoms with E-state index in [1.165, 1.54) is 77.0 Å². The van der Waals surface area contributed by atoms with Crippen molar-refractivity contribution in [1.82, 2.24) is 0 Å². The van der Waals surface area contributed by atoms with Crippen LogP contribution in [-0.4, -0.2) is 46.8 Å². The fourth-order valence-corrected chi connectivity index (χ4v) is 7.76. The number of rotatable bonds is 20. The molecule has 6 nitrogen and oxygen atoms in total. The Morgan fingerprint density at radius 2 is 1.42 bits per heavy atom. The number of anilines is 1. The largest absolute Gasteiger partial charge is 0.871 e. The number of aliphatic carboxylic acids is 1. The standard InChI is InChI=1S/C44H56N2O4/c1-5-7-9-11-13-17-28-45(29-18-14-12-10-8-6-2)34-24-21-33(22-25-34)40-42(49)36(43(40)50)31-38-44(3,4)41-35-20-16-15-19-32(35)23-26-37(41)46(38)30-27-39(47)48/h15-16,19-26,31H,5-14,17-18,27-30H2,1-4H3,(H-,47,48,49,50). The van der Waals surface area contributed by atoms with Crippen LogP contribution in [0.3, 0.4) is 0 Å². The molecule has 0 amide bonds. The molecule has 2 aliphatic rings. The van der Waals surface area contributed by atoms with Crippen LogP contribution in [0.2, 0.25) is 0 Å². The van der Waals surface area contributed by atoms with Gasteiger partial charge >= 0.3 is 5.97 Å². The first kappa shape index (κ1) is 37.1. The number of benzene rings is 3. The molecule has 50 heavy (non-hydrogen) atoms. The Balaban J connectivity index is 1.37. The number of unbranched alkanes of at least 4 members (excludes halogenated alkanes) is 10. The summed E-state index contributed by atoms with van der Waals surface area (Å²) >= 11 is 0. The second kappa shape index (κ2) is 17.2. The average molecular weight is 677 g/mol. The first-order valence-corrected chi connectivity index (χ1v) is 19.1. The monoisotopic (exact) mass is 676 g/mol. The summed E-state index contributed by atoms with van der Waals surface area (Å²) in [6, 6.07) is 20.2. The van der Waals surface area contributed by atoms with E-state index < -0.39 is 11.4 Å². The zero-order chi connectivity index (χ0) is 35.7. The van der Waals surface area contributed by atoms with E-state index in [4.69, 9.17) is 0 Å². The van der Waals surface area contributed by atoms with Crippen molar-refractivity contribution in [1.29, 1.82) is 0 Å². The molecule has 6 heteroatoms. The highest BCUT2D eigenvalue weighted by atomic mass is 16.4. The van der Waals surface area contributed by atoms with Crippen molar-refractivity contribution in [2.24, 2.45) is 0 Å². The Bertz CT molecular complexity index is 1750. The molecule has 5 rings (SSSR count). The molecule has 1 aliphatic heterocycles. The lowest BCUT2D eigenvalue weighted by Crippen LogP contribution is -2.34. The summed E-state index contributed by atoms with van der Waals surface area (Å²) < 4.78 is 1.98. The maximum absolute atomic E-state index is 13.7. The van der Waals surface area contributed by atoms with E-state index in [9.17, 15) is 19.8 Å². The van der Waals surface area contributed by atoms with E-state index in [-0.39, 0.29) is 35.7 Å². The molecule has 3 aromatic carbocycles. The van der Waals surface area contributed by atoms with Crippen molar-refractivity contribution in [3.05, 3.63) is 89.2 Å². The third-order valence-corrected chi connectivity index (χ3v) is 10.6. The molecule has 1 N–H and O–H groups in total. The molecule has 0 spiro atoms. The maximum atomic E-state index is 13.7. The zero-order valence-corrected chi connectivity index (χ0v) is 30.7. The summed E-state index contributed by atoms with van der Waals surface area (Å²) in [5.74, 6) is -1.39. The van der Waals surface area contributed by atoms with Gasteiger partial charge in [-0.25, -0.2) is 0 Å². The van der Waals surface area contributed by atoms with Crippen molar-refractivity contribution in [2.75, 3.05) is 24.5 Å². The minimum absolute atomic E-state index is 0.0602. The Morgan fingerprint density at radius 3 is 2.02 bits per heavy atom. The molecule has 0 atom stereocenters. The van der Waals surface area contributed by atoms with Gasteiger partial charge in [0.25, 0.3) is 0 Å². The lowest BCUT2D eigenvalue weighted by Gasteiger charge is -2.31. The van der Waals surface area contributed by atoms with Gasteiger partial charge in [0.15, 0.2) is 18.0 Å². The van der Waals surface area contributed by atoms with E-state index in [1.807, 2.05) is 41.0 Å². The first-order valence-electron chi connectivity index (χ1n) is 19.1. The van der Waals surface area contributed by atoms with Gasteiger partial charge in [-0.15, -0.1) is 0 Å². The normalized spacial score (nSPS) is 16.0. The highest BCUT2D eigenvalue weighted by molar-refractivity contribution is 6.40. The van der Waals surface area contributed by atoms with E-state index >= 15 is 0 Å². The van der Waals surface area contributed by atoms with Crippen molar-refractivity contribution in [3.63, 3.8) is 0 Å². The molecule has 266 valence electrons. The molecule has 0 unspecified atom stereocenters. The number of Topliss-reactive ketones (excluding diaryl/α,β-unsaturated/α-hetero) is 1. The van der Waals surface area contributed by atoms with Crippen LogP contribution in [0.15, 0.2) is 78.1 Å². The van der Waals surface area contributed by atoms with Crippen LogP contribution < -0.4 is 10.0 Å². The molecular formula is C44H56N2O4. The van der Waals surface area contributed by atoms with Crippen LogP contribution in [0.1, 0.15) is 122 Å². The van der Waals surface area contributed by atoms with Crippen molar-refractivity contribution in [3.8, 4) is 0 Å². The van der Waals surface area contributed by atoms with E-state index in [1.54, 1.807) is 6.08 Å². The predicted octanol–water partition coefficient (Wildman–Crippen LogP) is 9.50. The van der Waals surface area contributed by atoms with Crippen molar-refractivity contribution < 1.29 is 24.4 Å². The van der Waals surface area contributed by atoms with E-state index in [0.717, 1.165) is 46.5 Å². The van der Waals surface area contributed by atoms with Gasteiger partial charge in [0.05, 0.1) is 5.41 Å². The smallest absolute Gasteiger partial charge is 0.309 e. The number of carboxylic acid groups (broad SMARTS) is 1. The van der Waals surface area contributed by atoms with Crippen LogP contribution in [0.4, 0.5) is 11.4 Å². The molecule has 0 saturated heterocycles. The number of carbonyl (C=O) groups is 2. The van der Waals surface area contributed by atoms with Crippen LogP contribution in [0, 0.1) is 0 Å². The van der Waals surface area contributed by atoms with Crippen LogP contribution in [-0.2, 0) is 15.0 Å². The molecule has 3 aromatic rings. The Morgan fingerprint density at radius 1 is 0.820 bits per heavy atom. The van der Waals surface area contributed by atoms with Crippen LogP contribution in [0.25, 0.3) is 16.3 Å². The average Bonchev–Trinajstić information content (AvgIpc) is 3.33. The fraction of sp³-hybridized carbons (Fsp3) is 0.477. The Hall–Kier alpha value is -4.19. The van der Waals surface area contributed by atoms with Crippen molar-refractivity contribution >= 4 is 45.2 Å². The molecule has 1 heterocycles. The molecule has 0 bridgehead atoms. The van der Waals surface area contributed by atoms with Gasteiger partial charge < -0.3 is 15.1 Å².